The zero-order chi connectivity index (χ0) is 23.6. The second-order valence-corrected chi connectivity index (χ2v) is 9.19. The van der Waals surface area contributed by atoms with Crippen molar-refractivity contribution in [3.8, 4) is 22.9 Å². The van der Waals surface area contributed by atoms with Crippen LogP contribution in [0.5, 0.6) is 11.5 Å². The summed E-state index contributed by atoms with van der Waals surface area (Å²) in [6, 6.07) is 7.74. The molecule has 1 aromatic heterocycles. The Morgan fingerprint density at radius 3 is 2.41 bits per heavy atom. The van der Waals surface area contributed by atoms with Crippen LogP contribution >= 0.6 is 0 Å². The van der Waals surface area contributed by atoms with Crippen LogP contribution in [0.1, 0.15) is 77.6 Å². The third kappa shape index (κ3) is 6.76. The van der Waals surface area contributed by atoms with Crippen molar-refractivity contribution in [3.63, 3.8) is 0 Å². The summed E-state index contributed by atoms with van der Waals surface area (Å²) in [7, 11) is 0. The normalized spacial score (nSPS) is 19.3. The number of nitrogens with zero attached hydrogens (tertiary/aromatic N) is 2. The fourth-order valence-electron chi connectivity index (χ4n) is 4.50. The molecule has 1 aliphatic carbocycles. The van der Waals surface area contributed by atoms with Crippen molar-refractivity contribution in [2.45, 2.75) is 89.4 Å². The van der Waals surface area contributed by atoms with Gasteiger partial charge in [-0.3, -0.25) is 0 Å². The monoisotopic (exact) mass is 468 g/mol. The molecule has 0 N–H and O–H groups in total. The molecule has 0 unspecified atom stereocenters. The Kier molecular flexibility index (Phi) is 8.88. The minimum atomic E-state index is -0.707. The predicted molar refractivity (Wildman–Crippen MR) is 129 cm³/mol. The largest absolute Gasteiger partial charge is 0.494 e. The molecule has 2 aliphatic rings. The van der Waals surface area contributed by atoms with Gasteiger partial charge < -0.3 is 18.9 Å². The topological polar surface area (TPSA) is 79.8 Å². The summed E-state index contributed by atoms with van der Waals surface area (Å²) in [4.78, 5) is 21.2. The molecule has 1 saturated carbocycles. The maximum absolute atomic E-state index is 12.5. The van der Waals surface area contributed by atoms with E-state index in [1.807, 2.05) is 24.3 Å². The van der Waals surface area contributed by atoms with Crippen LogP contribution in [-0.2, 0) is 14.3 Å². The Balaban J connectivity index is 1.22. The SMILES string of the molecule is CCCCCCCCOc1ccc(-c2ncc(OC(=O)[C@H]3COC4(CCCCC4)O3)cn2)cc1. The van der Waals surface area contributed by atoms with Crippen molar-refractivity contribution < 1.29 is 23.7 Å². The van der Waals surface area contributed by atoms with E-state index in [1.165, 1.54) is 50.9 Å². The molecule has 7 nitrogen and oxygen atoms in total. The molecule has 2 fully saturated rings. The van der Waals surface area contributed by atoms with Gasteiger partial charge in [0.1, 0.15) is 5.75 Å². The summed E-state index contributed by atoms with van der Waals surface area (Å²) in [6.45, 7) is 3.19. The number of unbranched alkanes of at least 4 members (excludes halogenated alkanes) is 5. The third-order valence-electron chi connectivity index (χ3n) is 6.46. The standard InChI is InChI=1S/C27H36N2O5/c1-2-3-4-5-6-10-17-31-22-13-11-21(12-14-22)25-28-18-23(19-29-25)33-26(30)24-20-32-27(34-24)15-8-7-9-16-27/h11-14,18-19,24H,2-10,15-17,20H2,1H3/t24-/m1/s1. The van der Waals surface area contributed by atoms with Crippen LogP contribution in [0.15, 0.2) is 36.7 Å². The highest BCUT2D eigenvalue weighted by Gasteiger charge is 2.45. The van der Waals surface area contributed by atoms with E-state index in [4.69, 9.17) is 18.9 Å². The zero-order valence-electron chi connectivity index (χ0n) is 20.2. The summed E-state index contributed by atoms with van der Waals surface area (Å²) < 4.78 is 23.0. The Hall–Kier alpha value is -2.51. The molecule has 0 bridgehead atoms. The van der Waals surface area contributed by atoms with Gasteiger partial charge in [-0.2, -0.15) is 0 Å². The van der Waals surface area contributed by atoms with E-state index in [2.05, 4.69) is 16.9 Å². The molecule has 1 atom stereocenters. The second kappa shape index (κ2) is 12.3. The first-order chi connectivity index (χ1) is 16.7. The highest BCUT2D eigenvalue weighted by atomic mass is 16.8. The van der Waals surface area contributed by atoms with Gasteiger partial charge in [-0.05, 0) is 43.5 Å². The fraction of sp³-hybridized carbons (Fsp3) is 0.593. The summed E-state index contributed by atoms with van der Waals surface area (Å²) >= 11 is 0. The Labute approximate surface area is 202 Å². The number of hydrogen-bond acceptors (Lipinski definition) is 7. The number of esters is 1. The average Bonchev–Trinajstić information content (AvgIpc) is 3.28. The Morgan fingerprint density at radius 1 is 0.971 bits per heavy atom. The van der Waals surface area contributed by atoms with E-state index in [9.17, 15) is 4.79 Å². The van der Waals surface area contributed by atoms with E-state index in [0.29, 0.717) is 11.6 Å². The first-order valence-corrected chi connectivity index (χ1v) is 12.8. The maximum atomic E-state index is 12.5. The lowest BCUT2D eigenvalue weighted by Crippen LogP contribution is -2.35. The number of carbonyl (C=O) groups excluding carboxylic acids is 1. The van der Waals surface area contributed by atoms with Crippen molar-refractivity contribution in [2.24, 2.45) is 0 Å². The van der Waals surface area contributed by atoms with Gasteiger partial charge in [-0.25, -0.2) is 14.8 Å². The maximum Gasteiger partial charge on any atom is 0.343 e. The van der Waals surface area contributed by atoms with E-state index < -0.39 is 17.9 Å². The van der Waals surface area contributed by atoms with Crippen molar-refractivity contribution in [3.05, 3.63) is 36.7 Å². The van der Waals surface area contributed by atoms with E-state index in [1.54, 1.807) is 0 Å². The number of carbonyl (C=O) groups is 1. The lowest BCUT2D eigenvalue weighted by Gasteiger charge is -2.31. The van der Waals surface area contributed by atoms with E-state index in [-0.39, 0.29) is 6.61 Å². The first kappa shape index (κ1) is 24.6. The molecule has 2 heterocycles. The van der Waals surface area contributed by atoms with Gasteiger partial charge in [0.25, 0.3) is 0 Å². The molecule has 1 aromatic carbocycles. The van der Waals surface area contributed by atoms with Crippen LogP contribution in [0, 0.1) is 0 Å². The van der Waals surface area contributed by atoms with E-state index in [0.717, 1.165) is 50.0 Å². The van der Waals surface area contributed by atoms with Crippen LogP contribution in [0.2, 0.25) is 0 Å². The molecule has 7 heteroatoms. The van der Waals surface area contributed by atoms with Crippen molar-refractivity contribution in [2.75, 3.05) is 13.2 Å². The minimum Gasteiger partial charge on any atom is -0.494 e. The molecule has 2 aromatic rings. The van der Waals surface area contributed by atoms with Crippen LogP contribution in [0.4, 0.5) is 0 Å². The number of benzene rings is 1. The number of ether oxygens (including phenoxy) is 4. The van der Waals surface area contributed by atoms with Crippen LogP contribution in [0.3, 0.4) is 0 Å². The number of aromatic nitrogens is 2. The lowest BCUT2D eigenvalue weighted by molar-refractivity contribution is -0.193. The summed E-state index contributed by atoms with van der Waals surface area (Å²) in [5.74, 6) is 0.625. The Bertz CT molecular complexity index is 894. The third-order valence-corrected chi connectivity index (χ3v) is 6.46. The number of hydrogen-bond donors (Lipinski definition) is 0. The fourth-order valence-corrected chi connectivity index (χ4v) is 4.50. The molecule has 184 valence electrons. The summed E-state index contributed by atoms with van der Waals surface area (Å²) in [5.41, 5.74) is 0.872. The molecule has 4 rings (SSSR count). The molecular formula is C27H36N2O5. The highest BCUT2D eigenvalue weighted by Crippen LogP contribution is 2.38. The van der Waals surface area contributed by atoms with Gasteiger partial charge in [0.15, 0.2) is 23.5 Å². The molecular weight excluding hydrogens is 432 g/mol. The number of rotatable bonds is 11. The molecule has 0 amide bonds. The minimum absolute atomic E-state index is 0.227. The van der Waals surface area contributed by atoms with Gasteiger partial charge in [0.05, 0.1) is 25.6 Å². The quantitative estimate of drug-likeness (QED) is 0.302. The van der Waals surface area contributed by atoms with Gasteiger partial charge in [-0.15, -0.1) is 0 Å². The van der Waals surface area contributed by atoms with Crippen LogP contribution in [0.25, 0.3) is 11.4 Å². The molecule has 0 radical (unpaired) electrons. The summed E-state index contributed by atoms with van der Waals surface area (Å²) in [6.07, 6.45) is 14.7. The molecule has 1 saturated heterocycles. The van der Waals surface area contributed by atoms with Crippen LogP contribution < -0.4 is 9.47 Å². The molecule has 1 spiro atoms. The van der Waals surface area contributed by atoms with Gasteiger partial charge in [0.2, 0.25) is 0 Å². The van der Waals surface area contributed by atoms with Crippen LogP contribution in [-0.4, -0.2) is 41.0 Å². The first-order valence-electron chi connectivity index (χ1n) is 12.8. The zero-order valence-corrected chi connectivity index (χ0v) is 20.2. The lowest BCUT2D eigenvalue weighted by atomic mass is 9.94. The van der Waals surface area contributed by atoms with Gasteiger partial charge in [0, 0.05) is 18.4 Å². The van der Waals surface area contributed by atoms with Crippen molar-refractivity contribution in [1.82, 2.24) is 9.97 Å². The predicted octanol–water partition coefficient (Wildman–Crippen LogP) is 5.86. The smallest absolute Gasteiger partial charge is 0.343 e. The summed E-state index contributed by atoms with van der Waals surface area (Å²) in [5, 5.41) is 0. The van der Waals surface area contributed by atoms with Crippen molar-refractivity contribution in [1.29, 1.82) is 0 Å². The van der Waals surface area contributed by atoms with Crippen molar-refractivity contribution >= 4 is 5.97 Å². The van der Waals surface area contributed by atoms with Gasteiger partial charge in [-0.1, -0.05) is 45.4 Å². The molecule has 1 aliphatic heterocycles. The average molecular weight is 469 g/mol. The Morgan fingerprint density at radius 2 is 1.68 bits per heavy atom. The second-order valence-electron chi connectivity index (χ2n) is 9.19. The van der Waals surface area contributed by atoms with Gasteiger partial charge >= 0.3 is 5.97 Å². The highest BCUT2D eigenvalue weighted by molar-refractivity contribution is 5.77. The van der Waals surface area contributed by atoms with E-state index >= 15 is 0 Å². The molecule has 34 heavy (non-hydrogen) atoms.